The highest BCUT2D eigenvalue weighted by Crippen LogP contribution is 2.03. The summed E-state index contributed by atoms with van der Waals surface area (Å²) >= 11 is 0. The Morgan fingerprint density at radius 3 is 2.88 bits per heavy atom. The van der Waals surface area contributed by atoms with Gasteiger partial charge in [0.1, 0.15) is 6.04 Å². The molecule has 1 atom stereocenters. The number of carbonyl (C=O) groups excluding carboxylic acids is 1. The predicted octanol–water partition coefficient (Wildman–Crippen LogP) is 2.04. The normalized spacial score (nSPS) is 12.2. The summed E-state index contributed by atoms with van der Waals surface area (Å²) in [6.45, 7) is 6.79. The number of rotatable bonds is 5. The molecule has 0 spiro atoms. The number of carbonyl (C=O) groups is 1. The van der Waals surface area contributed by atoms with E-state index in [1.165, 1.54) is 11.1 Å². The lowest BCUT2D eigenvalue weighted by Gasteiger charge is -2.12. The average Bonchev–Trinajstić information content (AvgIpc) is 2.26. The Kier molecular flexibility index (Phi) is 4.99. The van der Waals surface area contributed by atoms with E-state index >= 15 is 0 Å². The van der Waals surface area contributed by atoms with Crippen LogP contribution in [0, 0.1) is 6.92 Å². The summed E-state index contributed by atoms with van der Waals surface area (Å²) in [5, 5.41) is 3.14. The number of ether oxygens (including phenoxy) is 1. The van der Waals surface area contributed by atoms with Crippen molar-refractivity contribution in [3.63, 3.8) is 0 Å². The van der Waals surface area contributed by atoms with E-state index in [4.69, 9.17) is 4.74 Å². The van der Waals surface area contributed by atoms with Crippen molar-refractivity contribution in [2.45, 2.75) is 33.4 Å². The summed E-state index contributed by atoms with van der Waals surface area (Å²) in [5.74, 6) is -0.199. The molecular weight excluding hydrogens is 202 g/mol. The number of benzene rings is 1. The fourth-order valence-electron chi connectivity index (χ4n) is 1.44. The van der Waals surface area contributed by atoms with Gasteiger partial charge in [0.2, 0.25) is 0 Å². The zero-order valence-electron chi connectivity index (χ0n) is 10.1. The standard InChI is InChI=1S/C13H19NO2/c1-4-16-13(15)11(3)14-9-12-7-5-6-10(2)8-12/h5-8,11,14H,4,9H2,1-3H3. The molecule has 0 amide bonds. The fourth-order valence-corrected chi connectivity index (χ4v) is 1.44. The molecule has 1 aromatic rings. The zero-order chi connectivity index (χ0) is 12.0. The second kappa shape index (κ2) is 6.28. The molecule has 0 saturated carbocycles. The van der Waals surface area contributed by atoms with Crippen LogP contribution in [0.2, 0.25) is 0 Å². The number of hydrogen-bond donors (Lipinski definition) is 1. The van der Waals surface area contributed by atoms with Crippen LogP contribution >= 0.6 is 0 Å². The summed E-state index contributed by atoms with van der Waals surface area (Å²) in [6.07, 6.45) is 0. The smallest absolute Gasteiger partial charge is 0.322 e. The third kappa shape index (κ3) is 4.03. The molecule has 0 aliphatic rings. The first kappa shape index (κ1) is 12.7. The van der Waals surface area contributed by atoms with Crippen LogP contribution in [-0.2, 0) is 16.1 Å². The van der Waals surface area contributed by atoms with Gasteiger partial charge in [0.25, 0.3) is 0 Å². The Balaban J connectivity index is 2.42. The van der Waals surface area contributed by atoms with E-state index in [0.717, 1.165) is 0 Å². The minimum Gasteiger partial charge on any atom is -0.465 e. The Bertz CT molecular complexity index is 350. The molecule has 1 N–H and O–H groups in total. The van der Waals surface area contributed by atoms with Gasteiger partial charge >= 0.3 is 5.97 Å². The molecule has 0 aliphatic heterocycles. The predicted molar refractivity (Wildman–Crippen MR) is 64.1 cm³/mol. The largest absolute Gasteiger partial charge is 0.465 e. The topological polar surface area (TPSA) is 38.3 Å². The Labute approximate surface area is 96.8 Å². The molecule has 0 saturated heterocycles. The highest BCUT2D eigenvalue weighted by Gasteiger charge is 2.12. The summed E-state index contributed by atoms with van der Waals surface area (Å²) in [5.41, 5.74) is 2.40. The molecule has 0 bridgehead atoms. The summed E-state index contributed by atoms with van der Waals surface area (Å²) in [7, 11) is 0. The van der Waals surface area contributed by atoms with Crippen LogP contribution in [0.4, 0.5) is 0 Å². The molecule has 3 heteroatoms. The van der Waals surface area contributed by atoms with Crippen LogP contribution in [0.25, 0.3) is 0 Å². The van der Waals surface area contributed by atoms with Crippen molar-refractivity contribution < 1.29 is 9.53 Å². The van der Waals surface area contributed by atoms with Crippen molar-refractivity contribution in [1.82, 2.24) is 5.32 Å². The van der Waals surface area contributed by atoms with Crippen LogP contribution in [0.3, 0.4) is 0 Å². The van der Waals surface area contributed by atoms with Crippen LogP contribution in [0.15, 0.2) is 24.3 Å². The molecule has 0 fully saturated rings. The maximum absolute atomic E-state index is 11.3. The fraction of sp³-hybridized carbons (Fsp3) is 0.462. The van der Waals surface area contributed by atoms with Gasteiger partial charge in [0.05, 0.1) is 6.61 Å². The molecule has 0 heterocycles. The molecule has 16 heavy (non-hydrogen) atoms. The van der Waals surface area contributed by atoms with Crippen molar-refractivity contribution >= 4 is 5.97 Å². The molecule has 0 aliphatic carbocycles. The molecule has 0 aromatic heterocycles. The lowest BCUT2D eigenvalue weighted by Crippen LogP contribution is -2.34. The van der Waals surface area contributed by atoms with Crippen molar-refractivity contribution in [2.24, 2.45) is 0 Å². The van der Waals surface area contributed by atoms with Gasteiger partial charge in [-0.05, 0) is 26.3 Å². The first-order valence-electron chi connectivity index (χ1n) is 5.59. The Morgan fingerprint density at radius 2 is 2.25 bits per heavy atom. The quantitative estimate of drug-likeness (QED) is 0.773. The zero-order valence-corrected chi connectivity index (χ0v) is 10.1. The lowest BCUT2D eigenvalue weighted by molar-refractivity contribution is -0.145. The molecule has 3 nitrogen and oxygen atoms in total. The van der Waals surface area contributed by atoms with Gasteiger partial charge in [-0.2, -0.15) is 0 Å². The molecule has 1 rings (SSSR count). The van der Waals surface area contributed by atoms with E-state index in [2.05, 4.69) is 24.4 Å². The monoisotopic (exact) mass is 221 g/mol. The van der Waals surface area contributed by atoms with Crippen molar-refractivity contribution in [1.29, 1.82) is 0 Å². The van der Waals surface area contributed by atoms with Crippen LogP contribution in [0.1, 0.15) is 25.0 Å². The summed E-state index contributed by atoms with van der Waals surface area (Å²) < 4.78 is 4.91. The molecule has 88 valence electrons. The second-order valence-electron chi connectivity index (χ2n) is 3.84. The molecule has 1 aromatic carbocycles. The van der Waals surface area contributed by atoms with Crippen LogP contribution in [-0.4, -0.2) is 18.6 Å². The maximum Gasteiger partial charge on any atom is 0.322 e. The minimum atomic E-state index is -0.263. The first-order chi connectivity index (χ1) is 7.63. The van der Waals surface area contributed by atoms with E-state index in [1.807, 2.05) is 26.0 Å². The number of hydrogen-bond acceptors (Lipinski definition) is 3. The van der Waals surface area contributed by atoms with Gasteiger partial charge in [-0.3, -0.25) is 4.79 Å². The van der Waals surface area contributed by atoms with E-state index in [9.17, 15) is 4.79 Å². The van der Waals surface area contributed by atoms with E-state index in [-0.39, 0.29) is 12.0 Å². The van der Waals surface area contributed by atoms with Gasteiger partial charge < -0.3 is 10.1 Å². The van der Waals surface area contributed by atoms with E-state index < -0.39 is 0 Å². The molecular formula is C13H19NO2. The van der Waals surface area contributed by atoms with Crippen molar-refractivity contribution in [3.05, 3.63) is 35.4 Å². The maximum atomic E-state index is 11.3. The highest BCUT2D eigenvalue weighted by molar-refractivity contribution is 5.75. The van der Waals surface area contributed by atoms with Gasteiger partial charge in [0, 0.05) is 6.54 Å². The minimum absolute atomic E-state index is 0.199. The van der Waals surface area contributed by atoms with Crippen molar-refractivity contribution in [2.75, 3.05) is 6.61 Å². The van der Waals surface area contributed by atoms with E-state index in [0.29, 0.717) is 13.2 Å². The highest BCUT2D eigenvalue weighted by atomic mass is 16.5. The Hall–Kier alpha value is -1.35. The number of esters is 1. The third-order valence-corrected chi connectivity index (χ3v) is 2.34. The average molecular weight is 221 g/mol. The van der Waals surface area contributed by atoms with Gasteiger partial charge in [-0.25, -0.2) is 0 Å². The lowest BCUT2D eigenvalue weighted by atomic mass is 10.1. The summed E-state index contributed by atoms with van der Waals surface area (Å²) in [4.78, 5) is 11.3. The van der Waals surface area contributed by atoms with Gasteiger partial charge in [0.15, 0.2) is 0 Å². The summed E-state index contributed by atoms with van der Waals surface area (Å²) in [6, 6.07) is 7.95. The first-order valence-corrected chi connectivity index (χ1v) is 5.59. The molecule has 0 radical (unpaired) electrons. The van der Waals surface area contributed by atoms with Crippen molar-refractivity contribution in [3.8, 4) is 0 Å². The van der Waals surface area contributed by atoms with Gasteiger partial charge in [-0.15, -0.1) is 0 Å². The van der Waals surface area contributed by atoms with E-state index in [1.54, 1.807) is 0 Å². The third-order valence-electron chi connectivity index (χ3n) is 2.34. The van der Waals surface area contributed by atoms with Gasteiger partial charge in [-0.1, -0.05) is 29.8 Å². The Morgan fingerprint density at radius 1 is 1.50 bits per heavy atom. The van der Waals surface area contributed by atoms with Crippen LogP contribution < -0.4 is 5.32 Å². The number of aryl methyl sites for hydroxylation is 1. The SMILES string of the molecule is CCOC(=O)C(C)NCc1cccc(C)c1. The molecule has 1 unspecified atom stereocenters. The second-order valence-corrected chi connectivity index (χ2v) is 3.84. The number of nitrogens with one attached hydrogen (secondary N) is 1. The van der Waals surface area contributed by atoms with Crippen LogP contribution in [0.5, 0.6) is 0 Å².